The highest BCUT2D eigenvalue weighted by molar-refractivity contribution is 5.97. The molecular weight excluding hydrogens is 214 g/mol. The number of carbonyl (C=O) groups is 1. The zero-order chi connectivity index (χ0) is 13.5. The minimum absolute atomic E-state index is 0.0954. The second-order valence-electron chi connectivity index (χ2n) is 4.87. The van der Waals surface area contributed by atoms with Crippen molar-refractivity contribution in [1.29, 1.82) is 5.26 Å². The number of rotatable bonds is 5. The summed E-state index contributed by atoms with van der Waals surface area (Å²) in [5, 5.41) is 11.7. The van der Waals surface area contributed by atoms with Crippen LogP contribution in [0.5, 0.6) is 0 Å². The molecule has 1 amide bonds. The Bertz CT molecular complexity index is 321. The van der Waals surface area contributed by atoms with Crippen LogP contribution in [0.2, 0.25) is 0 Å². The molecule has 0 saturated heterocycles. The molecule has 4 heteroatoms. The van der Waals surface area contributed by atoms with Gasteiger partial charge >= 0.3 is 0 Å². The minimum Gasteiger partial charge on any atom is -0.372 e. The third-order valence-corrected chi connectivity index (χ3v) is 2.39. The van der Waals surface area contributed by atoms with Crippen molar-refractivity contribution in [3.05, 3.63) is 11.8 Å². The minimum atomic E-state index is -0.294. The van der Waals surface area contributed by atoms with Gasteiger partial charge in [-0.1, -0.05) is 6.92 Å². The van der Waals surface area contributed by atoms with E-state index in [2.05, 4.69) is 5.32 Å². The van der Waals surface area contributed by atoms with Crippen LogP contribution < -0.4 is 5.32 Å². The number of nitrogens with one attached hydrogen (secondary N) is 1. The number of hydrogen-bond acceptors (Lipinski definition) is 3. The highest BCUT2D eigenvalue weighted by Crippen LogP contribution is 2.14. The number of carbonyl (C=O) groups excluding carboxylic acids is 1. The van der Waals surface area contributed by atoms with Crippen LogP contribution in [0.15, 0.2) is 11.8 Å². The van der Waals surface area contributed by atoms with E-state index in [1.54, 1.807) is 6.20 Å². The van der Waals surface area contributed by atoms with Crippen molar-refractivity contribution in [3.63, 3.8) is 0 Å². The Kier molecular flexibility index (Phi) is 6.34. The molecule has 0 aliphatic carbocycles. The zero-order valence-electron chi connectivity index (χ0n) is 11.5. The van der Waals surface area contributed by atoms with Crippen LogP contribution >= 0.6 is 0 Å². The van der Waals surface area contributed by atoms with Gasteiger partial charge in [-0.05, 0) is 34.1 Å². The van der Waals surface area contributed by atoms with Crippen LogP contribution in [0.1, 0.15) is 41.0 Å². The second kappa shape index (κ2) is 6.95. The summed E-state index contributed by atoms with van der Waals surface area (Å²) in [6, 6.07) is 1.96. The molecule has 0 unspecified atom stereocenters. The average molecular weight is 237 g/mol. The summed E-state index contributed by atoms with van der Waals surface area (Å²) in [5.74, 6) is -0.294. The molecule has 0 fully saturated rings. The van der Waals surface area contributed by atoms with Crippen molar-refractivity contribution in [2.75, 3.05) is 13.1 Å². The van der Waals surface area contributed by atoms with Gasteiger partial charge in [0.1, 0.15) is 11.6 Å². The smallest absolute Gasteiger partial charge is 0.263 e. The monoisotopic (exact) mass is 237 g/mol. The van der Waals surface area contributed by atoms with Crippen LogP contribution in [0, 0.1) is 11.3 Å². The first-order valence-corrected chi connectivity index (χ1v) is 6.03. The van der Waals surface area contributed by atoms with Crippen molar-refractivity contribution < 1.29 is 4.79 Å². The van der Waals surface area contributed by atoms with Crippen molar-refractivity contribution >= 4 is 5.91 Å². The summed E-state index contributed by atoms with van der Waals surface area (Å²) in [5.41, 5.74) is 0.0669. The molecule has 0 aromatic rings. The Morgan fingerprint density at radius 3 is 2.35 bits per heavy atom. The quantitative estimate of drug-likeness (QED) is 0.588. The van der Waals surface area contributed by atoms with E-state index >= 15 is 0 Å². The van der Waals surface area contributed by atoms with E-state index in [-0.39, 0.29) is 17.0 Å². The largest absolute Gasteiger partial charge is 0.372 e. The van der Waals surface area contributed by atoms with E-state index in [1.165, 1.54) is 0 Å². The van der Waals surface area contributed by atoms with E-state index < -0.39 is 0 Å². The maximum atomic E-state index is 11.7. The summed E-state index contributed by atoms with van der Waals surface area (Å²) >= 11 is 0. The topological polar surface area (TPSA) is 56.1 Å². The van der Waals surface area contributed by atoms with Gasteiger partial charge in [-0.25, -0.2) is 0 Å². The second-order valence-corrected chi connectivity index (χ2v) is 4.87. The molecule has 4 nitrogen and oxygen atoms in total. The van der Waals surface area contributed by atoms with Gasteiger partial charge in [-0.3, -0.25) is 4.79 Å². The molecule has 1 N–H and O–H groups in total. The summed E-state index contributed by atoms with van der Waals surface area (Å²) in [6.45, 7) is 11.5. The van der Waals surface area contributed by atoms with Gasteiger partial charge in [0.2, 0.25) is 0 Å². The first kappa shape index (κ1) is 15.5. The van der Waals surface area contributed by atoms with E-state index in [4.69, 9.17) is 5.26 Å². The molecule has 0 heterocycles. The average Bonchev–Trinajstić information content (AvgIpc) is 2.25. The molecule has 17 heavy (non-hydrogen) atoms. The Balaban J connectivity index is 4.86. The molecule has 0 radical (unpaired) electrons. The van der Waals surface area contributed by atoms with Gasteiger partial charge in [-0.2, -0.15) is 5.26 Å². The molecule has 0 bridgehead atoms. The first-order valence-electron chi connectivity index (χ1n) is 6.03. The molecule has 0 spiro atoms. The lowest BCUT2D eigenvalue weighted by atomic mass is 10.1. The van der Waals surface area contributed by atoms with Crippen molar-refractivity contribution in [2.45, 2.75) is 46.6 Å². The van der Waals surface area contributed by atoms with Crippen LogP contribution in [-0.4, -0.2) is 29.4 Å². The molecule has 0 saturated carbocycles. The number of nitriles is 1. The maximum Gasteiger partial charge on any atom is 0.263 e. The van der Waals surface area contributed by atoms with Crippen LogP contribution in [0.25, 0.3) is 0 Å². The molecule has 0 atom stereocenters. The Morgan fingerprint density at radius 2 is 2.00 bits per heavy atom. The normalized spacial score (nSPS) is 11.9. The van der Waals surface area contributed by atoms with E-state index in [0.29, 0.717) is 6.54 Å². The zero-order valence-corrected chi connectivity index (χ0v) is 11.5. The summed E-state index contributed by atoms with van der Waals surface area (Å²) in [6.07, 6.45) is 2.51. The Morgan fingerprint density at radius 1 is 1.41 bits per heavy atom. The van der Waals surface area contributed by atoms with Crippen LogP contribution in [-0.2, 0) is 4.79 Å². The Labute approximate surface area is 104 Å². The van der Waals surface area contributed by atoms with Gasteiger partial charge in [0.05, 0.1) is 0 Å². The standard InChI is InChI=1S/C13H23N3O/c1-6-8-15-12(17)11(9-14)10-16(7-2)13(3,4)5/h10H,6-8H2,1-5H3,(H,15,17)/b11-10-. The predicted molar refractivity (Wildman–Crippen MR) is 69.1 cm³/mol. The van der Waals surface area contributed by atoms with Crippen LogP contribution in [0.3, 0.4) is 0 Å². The van der Waals surface area contributed by atoms with Gasteiger partial charge < -0.3 is 10.2 Å². The molecule has 0 aliphatic heterocycles. The lowest BCUT2D eigenvalue weighted by Crippen LogP contribution is -2.38. The lowest BCUT2D eigenvalue weighted by molar-refractivity contribution is -0.117. The summed E-state index contributed by atoms with van der Waals surface area (Å²) in [4.78, 5) is 13.7. The lowest BCUT2D eigenvalue weighted by Gasteiger charge is -2.33. The summed E-state index contributed by atoms with van der Waals surface area (Å²) in [7, 11) is 0. The van der Waals surface area contributed by atoms with Gasteiger partial charge in [0.15, 0.2) is 0 Å². The number of hydrogen-bond donors (Lipinski definition) is 1. The maximum absolute atomic E-state index is 11.7. The SMILES string of the molecule is CCCNC(=O)/C(C#N)=C\N(CC)C(C)(C)C. The molecule has 96 valence electrons. The molecule has 0 aromatic heterocycles. The Hall–Kier alpha value is -1.50. The molecular formula is C13H23N3O. The number of amides is 1. The van der Waals surface area contributed by atoms with E-state index in [9.17, 15) is 4.79 Å². The summed E-state index contributed by atoms with van der Waals surface area (Å²) < 4.78 is 0. The fourth-order valence-corrected chi connectivity index (χ4v) is 1.39. The van der Waals surface area contributed by atoms with Gasteiger partial charge in [0.25, 0.3) is 5.91 Å². The van der Waals surface area contributed by atoms with Crippen LogP contribution in [0.4, 0.5) is 0 Å². The molecule has 0 aromatic carbocycles. The highest BCUT2D eigenvalue weighted by Gasteiger charge is 2.19. The predicted octanol–water partition coefficient (Wildman–Crippen LogP) is 2.04. The highest BCUT2D eigenvalue weighted by atomic mass is 16.1. The first-order chi connectivity index (χ1) is 7.86. The third-order valence-electron chi connectivity index (χ3n) is 2.39. The van der Waals surface area contributed by atoms with Crippen molar-refractivity contribution in [3.8, 4) is 6.07 Å². The van der Waals surface area contributed by atoms with E-state index in [1.807, 2.05) is 45.6 Å². The van der Waals surface area contributed by atoms with E-state index in [0.717, 1.165) is 13.0 Å². The third kappa shape index (κ3) is 5.39. The number of nitrogens with zero attached hydrogens (tertiary/aromatic N) is 2. The van der Waals surface area contributed by atoms with Crippen molar-refractivity contribution in [1.82, 2.24) is 10.2 Å². The van der Waals surface area contributed by atoms with Crippen molar-refractivity contribution in [2.24, 2.45) is 0 Å². The van der Waals surface area contributed by atoms with Gasteiger partial charge in [-0.15, -0.1) is 0 Å². The molecule has 0 rings (SSSR count). The van der Waals surface area contributed by atoms with Gasteiger partial charge in [0, 0.05) is 24.8 Å². The fraction of sp³-hybridized carbons (Fsp3) is 0.692. The molecule has 0 aliphatic rings. The fourth-order valence-electron chi connectivity index (χ4n) is 1.39.